The lowest BCUT2D eigenvalue weighted by atomic mass is 9.68. The van der Waals surface area contributed by atoms with Gasteiger partial charge in [0.15, 0.2) is 0 Å². The Labute approximate surface area is 127 Å². The Kier molecular flexibility index (Phi) is 4.80. The largest absolute Gasteiger partial charge is 0.324 e. The van der Waals surface area contributed by atoms with Crippen LogP contribution in [0.4, 0.5) is 0 Å². The highest BCUT2D eigenvalue weighted by atomic mass is 35.5. The lowest BCUT2D eigenvalue weighted by Gasteiger charge is -2.42. The van der Waals surface area contributed by atoms with E-state index >= 15 is 0 Å². The first-order valence-corrected chi connectivity index (χ1v) is 8.32. The zero-order valence-corrected chi connectivity index (χ0v) is 14.0. The van der Waals surface area contributed by atoms with Gasteiger partial charge in [-0.3, -0.25) is 4.68 Å². The Balaban J connectivity index is 2.30. The lowest BCUT2D eigenvalue weighted by Crippen LogP contribution is -2.52. The Morgan fingerprint density at radius 1 is 1.35 bits per heavy atom. The molecule has 2 rings (SSSR count). The second kappa shape index (κ2) is 6.07. The fourth-order valence-corrected chi connectivity index (χ4v) is 3.85. The fourth-order valence-electron chi connectivity index (χ4n) is 3.52. The summed E-state index contributed by atoms with van der Waals surface area (Å²) in [5.74, 6) is 1.25. The predicted molar refractivity (Wildman–Crippen MR) is 85.1 cm³/mol. The molecule has 0 amide bonds. The molecule has 3 atom stereocenters. The third kappa shape index (κ3) is 2.89. The van der Waals surface area contributed by atoms with Crippen LogP contribution < -0.4 is 5.73 Å². The van der Waals surface area contributed by atoms with E-state index in [-0.39, 0.29) is 5.54 Å². The number of aromatic nitrogens is 2. The molecule has 1 fully saturated rings. The molecule has 1 aliphatic carbocycles. The van der Waals surface area contributed by atoms with Crippen LogP contribution in [-0.4, -0.2) is 15.3 Å². The molecule has 20 heavy (non-hydrogen) atoms. The number of hydrogen-bond acceptors (Lipinski definition) is 2. The average Bonchev–Trinajstić information content (AvgIpc) is 2.71. The van der Waals surface area contributed by atoms with E-state index in [1.54, 1.807) is 0 Å². The van der Waals surface area contributed by atoms with Crippen molar-refractivity contribution in [3.8, 4) is 0 Å². The van der Waals surface area contributed by atoms with Gasteiger partial charge >= 0.3 is 0 Å². The van der Waals surface area contributed by atoms with Crippen molar-refractivity contribution in [2.75, 3.05) is 0 Å². The van der Waals surface area contributed by atoms with Crippen LogP contribution in [0.3, 0.4) is 0 Å². The van der Waals surface area contributed by atoms with E-state index in [2.05, 4.69) is 32.8 Å². The molecular weight excluding hydrogens is 270 g/mol. The van der Waals surface area contributed by atoms with Gasteiger partial charge in [0.05, 0.1) is 16.4 Å². The molecule has 2 N–H and O–H groups in total. The third-order valence-corrected chi connectivity index (χ3v) is 5.43. The molecule has 0 bridgehead atoms. The van der Waals surface area contributed by atoms with E-state index in [0.717, 1.165) is 42.2 Å². The highest BCUT2D eigenvalue weighted by molar-refractivity contribution is 6.31. The molecule has 3 unspecified atom stereocenters. The van der Waals surface area contributed by atoms with Gasteiger partial charge in [-0.15, -0.1) is 0 Å². The number of rotatable bonds is 4. The fraction of sp³-hybridized carbons (Fsp3) is 0.812. The van der Waals surface area contributed by atoms with Crippen molar-refractivity contribution >= 4 is 11.6 Å². The summed E-state index contributed by atoms with van der Waals surface area (Å²) in [4.78, 5) is 0. The summed E-state index contributed by atoms with van der Waals surface area (Å²) in [5, 5.41) is 5.45. The SMILES string of the molecule is CCc1nn(CC)c(CC2(N)CC(C)CCC2C)c1Cl. The van der Waals surface area contributed by atoms with Crippen molar-refractivity contribution in [2.45, 2.75) is 71.9 Å². The van der Waals surface area contributed by atoms with Gasteiger partial charge in [0, 0.05) is 18.5 Å². The Morgan fingerprint density at radius 3 is 2.65 bits per heavy atom. The Hall–Kier alpha value is -0.540. The van der Waals surface area contributed by atoms with Gasteiger partial charge in [-0.2, -0.15) is 5.10 Å². The minimum absolute atomic E-state index is 0.140. The minimum Gasteiger partial charge on any atom is -0.324 e. The molecule has 0 aromatic carbocycles. The highest BCUT2D eigenvalue weighted by Crippen LogP contribution is 2.38. The quantitative estimate of drug-likeness (QED) is 0.918. The van der Waals surface area contributed by atoms with Crippen LogP contribution in [0, 0.1) is 11.8 Å². The molecule has 3 nitrogen and oxygen atoms in total. The van der Waals surface area contributed by atoms with E-state index in [1.807, 2.05) is 4.68 Å². The molecule has 0 saturated heterocycles. The average molecular weight is 298 g/mol. The van der Waals surface area contributed by atoms with Crippen molar-refractivity contribution < 1.29 is 0 Å². The molecule has 0 aliphatic heterocycles. The predicted octanol–water partition coefficient (Wildman–Crippen LogP) is 3.81. The van der Waals surface area contributed by atoms with Crippen molar-refractivity contribution in [3.63, 3.8) is 0 Å². The van der Waals surface area contributed by atoms with Crippen LogP contribution in [-0.2, 0) is 19.4 Å². The van der Waals surface area contributed by atoms with Crippen molar-refractivity contribution in [3.05, 3.63) is 16.4 Å². The van der Waals surface area contributed by atoms with E-state index in [4.69, 9.17) is 17.3 Å². The van der Waals surface area contributed by atoms with Gasteiger partial charge < -0.3 is 5.73 Å². The summed E-state index contributed by atoms with van der Waals surface area (Å²) in [6.07, 6.45) is 5.32. The summed E-state index contributed by atoms with van der Waals surface area (Å²) in [7, 11) is 0. The zero-order valence-electron chi connectivity index (χ0n) is 13.2. The first-order chi connectivity index (χ1) is 9.41. The summed E-state index contributed by atoms with van der Waals surface area (Å²) in [6.45, 7) is 9.66. The first kappa shape index (κ1) is 15.8. The molecule has 1 saturated carbocycles. The molecule has 4 heteroatoms. The van der Waals surface area contributed by atoms with Crippen LogP contribution in [0.5, 0.6) is 0 Å². The summed E-state index contributed by atoms with van der Waals surface area (Å²) in [5.41, 5.74) is 8.77. The maximum Gasteiger partial charge on any atom is 0.0850 e. The smallest absolute Gasteiger partial charge is 0.0850 e. The summed E-state index contributed by atoms with van der Waals surface area (Å²) >= 11 is 6.53. The molecule has 1 aromatic heterocycles. The zero-order chi connectivity index (χ0) is 14.9. The Bertz CT molecular complexity index is 469. The summed E-state index contributed by atoms with van der Waals surface area (Å²) < 4.78 is 2.04. The highest BCUT2D eigenvalue weighted by Gasteiger charge is 2.38. The van der Waals surface area contributed by atoms with Gasteiger partial charge in [0.2, 0.25) is 0 Å². The van der Waals surface area contributed by atoms with Gasteiger partial charge in [-0.1, -0.05) is 38.8 Å². The Morgan fingerprint density at radius 2 is 2.05 bits per heavy atom. The summed E-state index contributed by atoms with van der Waals surface area (Å²) in [6, 6.07) is 0. The second-order valence-electron chi connectivity index (χ2n) is 6.57. The molecule has 1 aliphatic rings. The second-order valence-corrected chi connectivity index (χ2v) is 6.95. The van der Waals surface area contributed by atoms with Gasteiger partial charge in [-0.25, -0.2) is 0 Å². The van der Waals surface area contributed by atoms with Crippen LogP contribution in [0.25, 0.3) is 0 Å². The van der Waals surface area contributed by atoms with Crippen LogP contribution in [0.2, 0.25) is 5.02 Å². The topological polar surface area (TPSA) is 43.8 Å². The van der Waals surface area contributed by atoms with E-state index in [0.29, 0.717) is 11.8 Å². The van der Waals surface area contributed by atoms with Crippen LogP contribution in [0.1, 0.15) is 58.3 Å². The van der Waals surface area contributed by atoms with Crippen LogP contribution in [0.15, 0.2) is 0 Å². The number of nitrogens with zero attached hydrogens (tertiary/aromatic N) is 2. The molecule has 1 heterocycles. The molecule has 0 spiro atoms. The molecule has 0 radical (unpaired) electrons. The molecule has 114 valence electrons. The number of hydrogen-bond donors (Lipinski definition) is 1. The standard InChI is InChI=1S/C16H28ClN3/c1-5-13-15(17)14(20(6-2)19-13)10-16(18)9-11(3)7-8-12(16)4/h11-12H,5-10,18H2,1-4H3. The van der Waals surface area contributed by atoms with Crippen molar-refractivity contribution in [2.24, 2.45) is 17.6 Å². The number of halogens is 1. The normalized spacial score (nSPS) is 30.7. The molecule has 1 aromatic rings. The maximum atomic E-state index is 6.77. The first-order valence-electron chi connectivity index (χ1n) is 7.94. The van der Waals surface area contributed by atoms with Gasteiger partial charge in [-0.05, 0) is 38.0 Å². The number of aryl methyl sites for hydroxylation is 2. The van der Waals surface area contributed by atoms with Gasteiger partial charge in [0.25, 0.3) is 0 Å². The van der Waals surface area contributed by atoms with E-state index < -0.39 is 0 Å². The van der Waals surface area contributed by atoms with Crippen molar-refractivity contribution in [1.82, 2.24) is 9.78 Å². The monoisotopic (exact) mass is 297 g/mol. The van der Waals surface area contributed by atoms with Gasteiger partial charge in [0.1, 0.15) is 0 Å². The van der Waals surface area contributed by atoms with E-state index in [9.17, 15) is 0 Å². The lowest BCUT2D eigenvalue weighted by molar-refractivity contribution is 0.158. The number of nitrogens with two attached hydrogens (primary N) is 1. The van der Waals surface area contributed by atoms with Crippen LogP contribution >= 0.6 is 11.6 Å². The maximum absolute atomic E-state index is 6.77. The third-order valence-electron chi connectivity index (χ3n) is 4.99. The van der Waals surface area contributed by atoms with E-state index in [1.165, 1.54) is 12.8 Å². The van der Waals surface area contributed by atoms with Crippen molar-refractivity contribution in [1.29, 1.82) is 0 Å². The minimum atomic E-state index is -0.140. The molecular formula is C16H28ClN3.